The van der Waals surface area contributed by atoms with Crippen LogP contribution in [0.25, 0.3) is 0 Å². The summed E-state index contributed by atoms with van der Waals surface area (Å²) in [4.78, 5) is 45.1. The smallest absolute Gasteiger partial charge is 0.331 e. The molecule has 2 amide bonds. The largest absolute Gasteiger partial charge is 0.484 e. The van der Waals surface area contributed by atoms with Crippen LogP contribution in [0, 0.1) is 0 Å². The summed E-state index contributed by atoms with van der Waals surface area (Å²) >= 11 is 0. The molecule has 0 aliphatic carbocycles. The number of hydrogen-bond donors (Lipinski definition) is 2. The second kappa shape index (κ2) is 12.4. The van der Waals surface area contributed by atoms with Crippen LogP contribution in [0.5, 0.6) is 11.5 Å². The first-order valence-electron chi connectivity index (χ1n) is 9.33. The van der Waals surface area contributed by atoms with Crippen molar-refractivity contribution < 1.29 is 38.1 Å². The number of rotatable bonds is 12. The second-order valence-corrected chi connectivity index (χ2v) is 6.35. The Balaban J connectivity index is 1.76. The van der Waals surface area contributed by atoms with E-state index in [9.17, 15) is 19.2 Å². The van der Waals surface area contributed by atoms with Crippen molar-refractivity contribution in [2.24, 2.45) is 11.5 Å². The minimum Gasteiger partial charge on any atom is -0.484 e. The summed E-state index contributed by atoms with van der Waals surface area (Å²) in [6.45, 7) is -0.661. The Bertz CT molecular complexity index is 923. The minimum atomic E-state index is -0.743. The predicted molar refractivity (Wildman–Crippen MR) is 111 cm³/mol. The molecule has 2 aromatic carbocycles. The number of amides is 2. The summed E-state index contributed by atoms with van der Waals surface area (Å²) in [5, 5.41) is 0. The SMILES string of the molecule is NC(=O)COc1cccc(COC(=O)/C=C/C(=O)OCc2cccc(OCC(N)=O)c2)c1. The van der Waals surface area contributed by atoms with Crippen molar-refractivity contribution in [3.63, 3.8) is 0 Å². The van der Waals surface area contributed by atoms with Gasteiger partial charge in [-0.25, -0.2) is 9.59 Å². The fourth-order valence-corrected chi connectivity index (χ4v) is 2.30. The number of nitrogens with two attached hydrogens (primary N) is 2. The molecule has 0 saturated heterocycles. The lowest BCUT2D eigenvalue weighted by atomic mass is 10.2. The Morgan fingerprint density at radius 1 is 0.688 bits per heavy atom. The molecule has 0 aliphatic heterocycles. The van der Waals surface area contributed by atoms with E-state index in [4.69, 9.17) is 30.4 Å². The zero-order valence-electron chi connectivity index (χ0n) is 17.0. The Kier molecular flexibility index (Phi) is 9.26. The van der Waals surface area contributed by atoms with Gasteiger partial charge in [-0.05, 0) is 35.4 Å². The van der Waals surface area contributed by atoms with Crippen molar-refractivity contribution >= 4 is 23.8 Å². The first-order valence-corrected chi connectivity index (χ1v) is 9.33. The molecule has 0 aliphatic rings. The molecule has 10 nitrogen and oxygen atoms in total. The van der Waals surface area contributed by atoms with Crippen molar-refractivity contribution in [1.29, 1.82) is 0 Å². The predicted octanol–water partition coefficient (Wildman–Crippen LogP) is 0.758. The molecule has 0 saturated carbocycles. The van der Waals surface area contributed by atoms with E-state index in [1.54, 1.807) is 48.5 Å². The average molecular weight is 442 g/mol. The summed E-state index contributed by atoms with van der Waals surface area (Å²) in [5.41, 5.74) is 11.3. The lowest BCUT2D eigenvalue weighted by molar-refractivity contribution is -0.141. The van der Waals surface area contributed by atoms with Gasteiger partial charge in [0.2, 0.25) is 0 Å². The van der Waals surface area contributed by atoms with Gasteiger partial charge in [-0.2, -0.15) is 0 Å². The molecule has 0 fully saturated rings. The van der Waals surface area contributed by atoms with Gasteiger partial charge in [0.15, 0.2) is 13.2 Å². The van der Waals surface area contributed by atoms with Gasteiger partial charge < -0.3 is 30.4 Å². The average Bonchev–Trinajstić information content (AvgIpc) is 2.78. The number of carbonyl (C=O) groups is 4. The number of benzene rings is 2. The highest BCUT2D eigenvalue weighted by atomic mass is 16.5. The lowest BCUT2D eigenvalue weighted by Gasteiger charge is -2.07. The summed E-state index contributed by atoms with van der Waals surface area (Å²) in [6.07, 6.45) is 1.89. The fraction of sp³-hybridized carbons (Fsp3) is 0.182. The second-order valence-electron chi connectivity index (χ2n) is 6.35. The monoisotopic (exact) mass is 442 g/mol. The van der Waals surface area contributed by atoms with Crippen LogP contribution in [0.15, 0.2) is 60.7 Å². The van der Waals surface area contributed by atoms with Crippen molar-refractivity contribution in [3.8, 4) is 11.5 Å². The van der Waals surface area contributed by atoms with Gasteiger partial charge >= 0.3 is 11.9 Å². The van der Waals surface area contributed by atoms with E-state index in [0.717, 1.165) is 12.2 Å². The molecule has 0 unspecified atom stereocenters. The summed E-state index contributed by atoms with van der Waals surface area (Å²) in [7, 11) is 0. The first kappa shape index (κ1) is 23.9. The van der Waals surface area contributed by atoms with Gasteiger partial charge in [0.1, 0.15) is 24.7 Å². The first-order chi connectivity index (χ1) is 15.3. The maximum Gasteiger partial charge on any atom is 0.331 e. The molecule has 0 bridgehead atoms. The van der Waals surface area contributed by atoms with Gasteiger partial charge in [0.05, 0.1) is 0 Å². The summed E-state index contributed by atoms with van der Waals surface area (Å²) in [5.74, 6) is -1.90. The quantitative estimate of drug-likeness (QED) is 0.360. The van der Waals surface area contributed by atoms with E-state index >= 15 is 0 Å². The molecule has 0 aromatic heterocycles. The highest BCUT2D eigenvalue weighted by molar-refractivity contribution is 5.91. The molecule has 0 spiro atoms. The van der Waals surface area contributed by atoms with Crippen LogP contribution in [0.2, 0.25) is 0 Å². The maximum absolute atomic E-state index is 11.8. The van der Waals surface area contributed by atoms with Crippen LogP contribution in [0.1, 0.15) is 11.1 Å². The Morgan fingerprint density at radius 2 is 1.09 bits per heavy atom. The summed E-state index contributed by atoms with van der Waals surface area (Å²) < 4.78 is 20.4. The Morgan fingerprint density at radius 3 is 1.47 bits per heavy atom. The van der Waals surface area contributed by atoms with E-state index in [0.29, 0.717) is 22.6 Å². The van der Waals surface area contributed by atoms with Crippen molar-refractivity contribution in [2.45, 2.75) is 13.2 Å². The van der Waals surface area contributed by atoms with E-state index in [1.165, 1.54) is 0 Å². The van der Waals surface area contributed by atoms with E-state index in [-0.39, 0.29) is 26.4 Å². The van der Waals surface area contributed by atoms with E-state index < -0.39 is 23.8 Å². The fourth-order valence-electron chi connectivity index (χ4n) is 2.30. The van der Waals surface area contributed by atoms with Crippen LogP contribution in [0.3, 0.4) is 0 Å². The van der Waals surface area contributed by atoms with Gasteiger partial charge in [0, 0.05) is 12.2 Å². The minimum absolute atomic E-state index is 0.0654. The van der Waals surface area contributed by atoms with Crippen LogP contribution in [0.4, 0.5) is 0 Å². The zero-order valence-corrected chi connectivity index (χ0v) is 17.0. The highest BCUT2D eigenvalue weighted by Crippen LogP contribution is 2.15. The molecule has 0 radical (unpaired) electrons. The normalized spacial score (nSPS) is 10.4. The number of esters is 2. The van der Waals surface area contributed by atoms with Crippen molar-refractivity contribution in [2.75, 3.05) is 13.2 Å². The topological polar surface area (TPSA) is 157 Å². The molecular formula is C22H22N2O8. The van der Waals surface area contributed by atoms with Gasteiger partial charge in [-0.3, -0.25) is 9.59 Å². The Hall–Kier alpha value is -4.34. The van der Waals surface area contributed by atoms with Crippen LogP contribution in [-0.4, -0.2) is 37.0 Å². The highest BCUT2D eigenvalue weighted by Gasteiger charge is 2.05. The number of primary amides is 2. The zero-order chi connectivity index (χ0) is 23.3. The molecule has 0 atom stereocenters. The molecule has 4 N–H and O–H groups in total. The Labute approximate surface area is 183 Å². The standard InChI is InChI=1S/C22H22N2O8/c23-19(25)13-29-17-5-1-3-15(9-17)11-31-21(27)7-8-22(28)32-12-16-4-2-6-18(10-16)30-14-20(24)26/h1-10H,11-14H2,(H2,23,25)(H2,24,26)/b8-7+. The van der Waals surface area contributed by atoms with Crippen molar-refractivity contribution in [1.82, 2.24) is 0 Å². The van der Waals surface area contributed by atoms with Crippen LogP contribution >= 0.6 is 0 Å². The third-order valence-electron chi connectivity index (χ3n) is 3.68. The van der Waals surface area contributed by atoms with Gasteiger partial charge in [-0.15, -0.1) is 0 Å². The van der Waals surface area contributed by atoms with E-state index in [2.05, 4.69) is 0 Å². The lowest BCUT2D eigenvalue weighted by Crippen LogP contribution is -2.20. The molecule has 168 valence electrons. The molecule has 10 heteroatoms. The van der Waals surface area contributed by atoms with Crippen LogP contribution < -0.4 is 20.9 Å². The third-order valence-corrected chi connectivity index (χ3v) is 3.68. The van der Waals surface area contributed by atoms with Crippen LogP contribution in [-0.2, 0) is 41.9 Å². The number of ether oxygens (including phenoxy) is 4. The third kappa shape index (κ3) is 9.44. The van der Waals surface area contributed by atoms with E-state index in [1.807, 2.05) is 0 Å². The van der Waals surface area contributed by atoms with Gasteiger partial charge in [0.25, 0.3) is 11.8 Å². The van der Waals surface area contributed by atoms with Crippen molar-refractivity contribution in [3.05, 3.63) is 71.8 Å². The molecular weight excluding hydrogens is 420 g/mol. The molecule has 0 heterocycles. The number of hydrogen-bond acceptors (Lipinski definition) is 8. The number of carbonyl (C=O) groups excluding carboxylic acids is 4. The molecule has 2 rings (SSSR count). The maximum atomic E-state index is 11.8. The molecule has 2 aromatic rings. The van der Waals surface area contributed by atoms with Gasteiger partial charge in [-0.1, -0.05) is 24.3 Å². The molecule has 32 heavy (non-hydrogen) atoms. The summed E-state index contributed by atoms with van der Waals surface area (Å²) in [6, 6.07) is 13.2.